The van der Waals surface area contributed by atoms with Gasteiger partial charge in [-0.1, -0.05) is 46.3 Å². The molecule has 0 aromatic carbocycles. The average Bonchev–Trinajstić information content (AvgIpc) is 3.02. The molecule has 3 saturated carbocycles. The molecule has 10 heteroatoms. The molecule has 0 radical (unpaired) electrons. The number of hydrogen-bond donors (Lipinski definition) is 7. The second-order valence-electron chi connectivity index (χ2n) is 16.8. The molecule has 5 aliphatic carbocycles. The van der Waals surface area contributed by atoms with E-state index in [-0.39, 0.29) is 40.6 Å². The predicted molar refractivity (Wildman–Crippen MR) is 168 cm³/mol. The summed E-state index contributed by atoms with van der Waals surface area (Å²) in [6.07, 6.45) is -1.55. The van der Waals surface area contributed by atoms with Crippen LogP contribution in [0.15, 0.2) is 22.8 Å². The van der Waals surface area contributed by atoms with E-state index in [4.69, 9.17) is 9.47 Å². The largest absolute Gasteiger partial charge is 0.432 e. The van der Waals surface area contributed by atoms with Gasteiger partial charge in [0, 0.05) is 5.41 Å². The molecular formula is C36H56O10. The second kappa shape index (κ2) is 11.3. The first-order valence-electron chi connectivity index (χ1n) is 17.4. The fourth-order valence-corrected chi connectivity index (χ4v) is 11.8. The van der Waals surface area contributed by atoms with E-state index in [0.717, 1.165) is 43.3 Å². The summed E-state index contributed by atoms with van der Waals surface area (Å²) < 4.78 is 11.5. The van der Waals surface area contributed by atoms with E-state index in [0.29, 0.717) is 19.3 Å². The molecule has 1 saturated heterocycles. The van der Waals surface area contributed by atoms with Crippen molar-refractivity contribution in [2.75, 3.05) is 13.2 Å². The Hall–Kier alpha value is -1.37. The third-order valence-electron chi connectivity index (χ3n) is 15.0. The average molecular weight is 649 g/mol. The van der Waals surface area contributed by atoms with E-state index in [1.165, 1.54) is 5.57 Å². The topological polar surface area (TPSA) is 177 Å². The van der Waals surface area contributed by atoms with Crippen LogP contribution in [0.2, 0.25) is 0 Å². The molecule has 10 nitrogen and oxygen atoms in total. The number of fused-ring (bicyclic) bond motifs is 7. The van der Waals surface area contributed by atoms with Gasteiger partial charge in [-0.3, -0.25) is 4.79 Å². The number of ether oxygens (including phenoxy) is 2. The lowest BCUT2D eigenvalue weighted by Gasteiger charge is -2.70. The van der Waals surface area contributed by atoms with Gasteiger partial charge in [0.2, 0.25) is 6.29 Å². The Kier molecular flexibility index (Phi) is 8.50. The quantitative estimate of drug-likeness (QED) is 0.224. The van der Waals surface area contributed by atoms with Crippen LogP contribution in [-0.2, 0) is 14.3 Å². The molecule has 0 bridgehead atoms. The van der Waals surface area contributed by atoms with Gasteiger partial charge in [-0.25, -0.2) is 0 Å². The van der Waals surface area contributed by atoms with E-state index in [1.54, 1.807) is 0 Å². The number of hydrogen-bond acceptors (Lipinski definition) is 10. The standard InChI is InChI=1S/C36H56O10/c1-18-9-12-36(31(44)46-30-28(42)27(41)26(40)22(16-37)45-30)14-13-34(5)20(25(36)19(18)2)7-8-24-32(3)15-21(39)29(43)33(4,17-38)23(32)10-11-35(24,34)6/h7,18,21-24,26-30,37-43H,8-17H2,1-6H3/t18?,21?,22-,23?,24?,26-,27-,28-,29?,30+,32?,33?,34?,35?,36?/m1/s1. The Balaban J connectivity index is 1.39. The molecule has 1 heterocycles. The zero-order valence-corrected chi connectivity index (χ0v) is 28.3. The molecule has 1 aliphatic heterocycles. The zero-order chi connectivity index (χ0) is 33.8. The maximum atomic E-state index is 14.4. The van der Waals surface area contributed by atoms with Crippen LogP contribution in [0.25, 0.3) is 0 Å². The lowest BCUT2D eigenvalue weighted by Crippen LogP contribution is -2.67. The molecule has 4 fully saturated rings. The van der Waals surface area contributed by atoms with E-state index in [9.17, 15) is 40.5 Å². The third kappa shape index (κ3) is 4.40. The van der Waals surface area contributed by atoms with E-state index < -0.39 is 66.3 Å². The first-order valence-corrected chi connectivity index (χ1v) is 17.4. The predicted octanol–water partition coefficient (Wildman–Crippen LogP) is 2.36. The molecule has 46 heavy (non-hydrogen) atoms. The van der Waals surface area contributed by atoms with Gasteiger partial charge in [0.1, 0.15) is 24.4 Å². The molecule has 0 amide bonds. The fraction of sp³-hybridized carbons (Fsp3) is 0.861. The van der Waals surface area contributed by atoms with Gasteiger partial charge >= 0.3 is 5.97 Å². The molecule has 15 atom stereocenters. The first-order chi connectivity index (χ1) is 21.5. The third-order valence-corrected chi connectivity index (χ3v) is 15.0. The molecule has 7 N–H and O–H groups in total. The number of esters is 1. The SMILES string of the molecule is CC1=C2C3=CCC4C5(C)CC(O)C(O)C(C)(CO)C5CCC4(C)C3(C)CCC2(C(=O)O[C@@H]2O[C@H](CO)[C@@H](O)[C@@H](O)[C@H]2O)CCC1C. The number of rotatable bonds is 4. The fourth-order valence-electron chi connectivity index (χ4n) is 11.8. The van der Waals surface area contributed by atoms with Crippen molar-refractivity contribution in [1.29, 1.82) is 0 Å². The van der Waals surface area contributed by atoms with Crippen LogP contribution in [0, 0.1) is 44.8 Å². The van der Waals surface area contributed by atoms with Crippen molar-refractivity contribution in [3.05, 3.63) is 22.8 Å². The van der Waals surface area contributed by atoms with Crippen molar-refractivity contribution in [2.24, 2.45) is 44.8 Å². The van der Waals surface area contributed by atoms with Crippen LogP contribution >= 0.6 is 0 Å². The number of carbonyl (C=O) groups is 1. The Bertz CT molecular complexity index is 1300. The molecule has 10 unspecified atom stereocenters. The summed E-state index contributed by atoms with van der Waals surface area (Å²) in [5.41, 5.74) is 0.798. The monoisotopic (exact) mass is 648 g/mol. The van der Waals surface area contributed by atoms with Gasteiger partial charge in [-0.05, 0) is 103 Å². The summed E-state index contributed by atoms with van der Waals surface area (Å²) in [6, 6.07) is 0. The van der Waals surface area contributed by atoms with Crippen LogP contribution < -0.4 is 0 Å². The van der Waals surface area contributed by atoms with Crippen LogP contribution in [-0.4, -0.2) is 97.8 Å². The summed E-state index contributed by atoms with van der Waals surface area (Å²) in [5, 5.41) is 73.8. The highest BCUT2D eigenvalue weighted by molar-refractivity contribution is 5.84. The maximum absolute atomic E-state index is 14.4. The highest BCUT2D eigenvalue weighted by Gasteiger charge is 2.70. The second-order valence-corrected chi connectivity index (χ2v) is 16.8. The Morgan fingerprint density at radius 1 is 0.935 bits per heavy atom. The molecule has 0 aromatic heterocycles. The molecule has 0 spiro atoms. The Labute approximate surface area is 272 Å². The molecule has 6 aliphatic rings. The van der Waals surface area contributed by atoms with Crippen molar-refractivity contribution in [3.8, 4) is 0 Å². The number of aliphatic hydroxyl groups is 7. The van der Waals surface area contributed by atoms with Crippen molar-refractivity contribution >= 4 is 5.97 Å². The van der Waals surface area contributed by atoms with E-state index in [1.807, 2.05) is 6.92 Å². The Morgan fingerprint density at radius 3 is 2.28 bits per heavy atom. The van der Waals surface area contributed by atoms with Gasteiger partial charge in [-0.2, -0.15) is 0 Å². The summed E-state index contributed by atoms with van der Waals surface area (Å²) in [4.78, 5) is 14.4. The van der Waals surface area contributed by atoms with Crippen LogP contribution in [0.1, 0.15) is 92.9 Å². The summed E-state index contributed by atoms with van der Waals surface area (Å²) in [5.74, 6) is -0.0274. The molecule has 6 rings (SSSR count). The summed E-state index contributed by atoms with van der Waals surface area (Å²) >= 11 is 0. The molecule has 0 aromatic rings. The highest BCUT2D eigenvalue weighted by atomic mass is 16.7. The summed E-state index contributed by atoms with van der Waals surface area (Å²) in [6.45, 7) is 12.4. The Morgan fingerprint density at radius 2 is 1.63 bits per heavy atom. The van der Waals surface area contributed by atoms with Crippen molar-refractivity contribution in [2.45, 2.75) is 136 Å². The minimum Gasteiger partial charge on any atom is -0.432 e. The minimum atomic E-state index is -1.67. The van der Waals surface area contributed by atoms with Crippen LogP contribution in [0.4, 0.5) is 0 Å². The van der Waals surface area contributed by atoms with Gasteiger partial charge in [0.05, 0.1) is 30.8 Å². The smallest absolute Gasteiger partial charge is 0.318 e. The normalized spacial score (nSPS) is 53.7. The van der Waals surface area contributed by atoms with E-state index >= 15 is 0 Å². The highest BCUT2D eigenvalue weighted by Crippen LogP contribution is 2.75. The summed E-state index contributed by atoms with van der Waals surface area (Å²) in [7, 11) is 0. The zero-order valence-electron chi connectivity index (χ0n) is 28.3. The first kappa shape index (κ1) is 34.5. The lowest BCUT2D eigenvalue weighted by molar-refractivity contribution is -0.295. The van der Waals surface area contributed by atoms with E-state index in [2.05, 4.69) is 40.7 Å². The van der Waals surface area contributed by atoms with Crippen molar-refractivity contribution in [1.82, 2.24) is 0 Å². The lowest BCUT2D eigenvalue weighted by atomic mass is 9.34. The van der Waals surface area contributed by atoms with Gasteiger partial charge in [-0.15, -0.1) is 0 Å². The number of allylic oxidation sites excluding steroid dienone is 3. The van der Waals surface area contributed by atoms with Gasteiger partial charge in [0.15, 0.2) is 0 Å². The maximum Gasteiger partial charge on any atom is 0.318 e. The van der Waals surface area contributed by atoms with Crippen LogP contribution in [0.5, 0.6) is 0 Å². The van der Waals surface area contributed by atoms with Gasteiger partial charge < -0.3 is 45.2 Å². The van der Waals surface area contributed by atoms with Crippen LogP contribution in [0.3, 0.4) is 0 Å². The number of aliphatic hydroxyl groups excluding tert-OH is 7. The van der Waals surface area contributed by atoms with Crippen molar-refractivity contribution < 1.29 is 50.0 Å². The molecule has 260 valence electrons. The molecular weight excluding hydrogens is 592 g/mol. The minimum absolute atomic E-state index is 0.0480. The van der Waals surface area contributed by atoms with Gasteiger partial charge in [0.25, 0.3) is 0 Å². The van der Waals surface area contributed by atoms with Crippen molar-refractivity contribution in [3.63, 3.8) is 0 Å². The number of carbonyl (C=O) groups excluding carboxylic acids is 1.